The van der Waals surface area contributed by atoms with E-state index >= 15 is 0 Å². The number of halogens is 4. The van der Waals surface area contributed by atoms with Crippen LogP contribution in [0.5, 0.6) is 5.75 Å². The second-order valence-electron chi connectivity index (χ2n) is 8.93. The van der Waals surface area contributed by atoms with E-state index in [0.717, 1.165) is 11.1 Å². The maximum Gasteiger partial charge on any atom is 0.430 e. The highest BCUT2D eigenvalue weighted by atomic mass is 35.5. The maximum absolute atomic E-state index is 13.7. The molecule has 3 rings (SSSR count). The molecule has 35 heavy (non-hydrogen) atoms. The summed E-state index contributed by atoms with van der Waals surface area (Å²) < 4.78 is 50.8. The van der Waals surface area contributed by atoms with Crippen molar-refractivity contribution in [3.05, 3.63) is 39.1 Å². The van der Waals surface area contributed by atoms with Gasteiger partial charge in [-0.2, -0.15) is 13.2 Å². The Morgan fingerprint density at radius 1 is 1.34 bits per heavy atom. The summed E-state index contributed by atoms with van der Waals surface area (Å²) >= 11 is 6.28. The second-order valence-corrected chi connectivity index (χ2v) is 9.34. The van der Waals surface area contributed by atoms with E-state index in [-0.39, 0.29) is 34.3 Å². The van der Waals surface area contributed by atoms with Crippen LogP contribution in [-0.2, 0) is 24.6 Å². The largest absolute Gasteiger partial charge is 0.569 e. The molecule has 10 nitrogen and oxygen atoms in total. The lowest BCUT2D eigenvalue weighted by Crippen LogP contribution is -2.41. The van der Waals surface area contributed by atoms with Crippen molar-refractivity contribution in [1.29, 1.82) is 0 Å². The van der Waals surface area contributed by atoms with E-state index in [1.54, 1.807) is 0 Å². The molecule has 0 bridgehead atoms. The zero-order chi connectivity index (χ0) is 26.1. The standard InChI is InChI=1S/C21H23ClF3N3O7/c1-20(2,3)13-9-16-11(8-14(13)22)7-12(17(35-16)21(23,24)25)19(31)33-10-34-26-28(32)27-6-4-5-15(27)18(29)30/h7-9,15,17H,4-6,10H2,1-3H3,(H,29,30)/b28-26-/t15-,17-/m0/s1. The second kappa shape index (κ2) is 9.80. The van der Waals surface area contributed by atoms with Gasteiger partial charge in [0.2, 0.25) is 11.4 Å². The van der Waals surface area contributed by atoms with Gasteiger partial charge in [0.05, 0.1) is 17.1 Å². The van der Waals surface area contributed by atoms with Crippen LogP contribution in [0, 0.1) is 5.21 Å². The van der Waals surface area contributed by atoms with Crippen molar-refractivity contribution in [2.24, 2.45) is 5.28 Å². The van der Waals surface area contributed by atoms with Crippen LogP contribution in [0.1, 0.15) is 44.7 Å². The van der Waals surface area contributed by atoms with Crippen LogP contribution in [0.3, 0.4) is 0 Å². The molecule has 14 heteroatoms. The van der Waals surface area contributed by atoms with Crippen molar-refractivity contribution in [2.45, 2.75) is 57.3 Å². The first kappa shape index (κ1) is 26.4. The van der Waals surface area contributed by atoms with E-state index in [0.29, 0.717) is 12.0 Å². The number of benzene rings is 1. The van der Waals surface area contributed by atoms with Crippen LogP contribution in [0.4, 0.5) is 13.2 Å². The van der Waals surface area contributed by atoms with Gasteiger partial charge in [-0.3, -0.25) is 0 Å². The minimum absolute atomic E-state index is 0.0926. The first-order chi connectivity index (χ1) is 16.2. The van der Waals surface area contributed by atoms with Gasteiger partial charge in [-0.1, -0.05) is 32.4 Å². The van der Waals surface area contributed by atoms with Gasteiger partial charge in [-0.15, -0.1) is 5.01 Å². The minimum atomic E-state index is -4.94. The monoisotopic (exact) mass is 521 g/mol. The molecule has 2 aliphatic heterocycles. The van der Waals surface area contributed by atoms with Crippen molar-refractivity contribution in [3.8, 4) is 5.75 Å². The predicted octanol–water partition coefficient (Wildman–Crippen LogP) is 4.20. The van der Waals surface area contributed by atoms with Crippen molar-refractivity contribution in [3.63, 3.8) is 0 Å². The van der Waals surface area contributed by atoms with Crippen LogP contribution in [-0.4, -0.2) is 58.7 Å². The van der Waals surface area contributed by atoms with Gasteiger partial charge in [0, 0.05) is 10.6 Å². The number of hydrazine groups is 1. The quantitative estimate of drug-likeness (QED) is 0.147. The van der Waals surface area contributed by atoms with Gasteiger partial charge in [-0.05, 0) is 42.0 Å². The number of fused-ring (bicyclic) bond motifs is 1. The summed E-state index contributed by atoms with van der Waals surface area (Å²) in [6, 6.07) is 1.71. The summed E-state index contributed by atoms with van der Waals surface area (Å²) in [5.41, 5.74) is -0.598. The first-order valence-corrected chi connectivity index (χ1v) is 10.8. The maximum atomic E-state index is 13.7. The van der Waals surface area contributed by atoms with E-state index in [9.17, 15) is 28.0 Å². The summed E-state index contributed by atoms with van der Waals surface area (Å²) in [7, 11) is 0. The minimum Gasteiger partial charge on any atom is -0.569 e. The average molecular weight is 522 g/mol. The number of hydrogen-bond acceptors (Lipinski definition) is 7. The number of carboxylic acid groups (broad SMARTS) is 1. The van der Waals surface area contributed by atoms with Crippen molar-refractivity contribution >= 4 is 29.6 Å². The van der Waals surface area contributed by atoms with Gasteiger partial charge in [0.25, 0.3) is 6.79 Å². The number of aliphatic carboxylic acids is 1. The van der Waals surface area contributed by atoms with Crippen LogP contribution in [0.2, 0.25) is 5.02 Å². The number of esters is 1. The highest BCUT2D eigenvalue weighted by Crippen LogP contribution is 2.42. The molecule has 2 heterocycles. The molecule has 1 N–H and O–H groups in total. The van der Waals surface area contributed by atoms with Crippen molar-refractivity contribution in [2.75, 3.05) is 13.3 Å². The Bertz CT molecular complexity index is 1070. The molecule has 0 amide bonds. The Labute approximate surface area is 203 Å². The molecule has 0 aliphatic carbocycles. The molecule has 2 aliphatic rings. The van der Waals surface area contributed by atoms with E-state index in [1.807, 2.05) is 20.8 Å². The summed E-state index contributed by atoms with van der Waals surface area (Å²) in [6.45, 7) is 4.62. The summed E-state index contributed by atoms with van der Waals surface area (Å²) in [4.78, 5) is 28.0. The topological polar surface area (TPSA) is 124 Å². The molecule has 1 fully saturated rings. The number of nitrogens with zero attached hydrogens (tertiary/aromatic N) is 3. The lowest BCUT2D eigenvalue weighted by atomic mass is 9.85. The number of ether oxygens (including phenoxy) is 2. The van der Waals surface area contributed by atoms with E-state index in [2.05, 4.69) is 14.9 Å². The zero-order valence-electron chi connectivity index (χ0n) is 19.0. The molecule has 0 aromatic heterocycles. The first-order valence-electron chi connectivity index (χ1n) is 10.5. The lowest BCUT2D eigenvalue weighted by molar-refractivity contribution is -0.712. The summed E-state index contributed by atoms with van der Waals surface area (Å²) in [5.74, 6) is -2.72. The number of carbonyl (C=O) groups is 2. The molecule has 0 radical (unpaired) electrons. The van der Waals surface area contributed by atoms with Gasteiger partial charge in [0.15, 0.2) is 6.04 Å². The number of carboxylic acids is 1. The molecular weight excluding hydrogens is 499 g/mol. The Morgan fingerprint density at radius 3 is 2.63 bits per heavy atom. The number of hydrogen-bond donors (Lipinski definition) is 1. The Kier molecular flexibility index (Phi) is 7.39. The van der Waals surface area contributed by atoms with Crippen LogP contribution >= 0.6 is 11.6 Å². The molecule has 0 saturated carbocycles. The average Bonchev–Trinajstić information content (AvgIpc) is 3.24. The molecule has 0 unspecified atom stereocenters. The predicted molar refractivity (Wildman–Crippen MR) is 114 cm³/mol. The number of alkyl halides is 3. The van der Waals surface area contributed by atoms with E-state index in [4.69, 9.17) is 21.4 Å². The molecule has 1 aromatic carbocycles. The van der Waals surface area contributed by atoms with Crippen LogP contribution in [0.15, 0.2) is 23.0 Å². The fraction of sp³-hybridized carbons (Fsp3) is 0.524. The summed E-state index contributed by atoms with van der Waals surface area (Å²) in [6.07, 6.45) is -5.91. The number of rotatable bonds is 6. The van der Waals surface area contributed by atoms with Crippen molar-refractivity contribution in [1.82, 2.24) is 5.01 Å². The highest BCUT2D eigenvalue weighted by molar-refractivity contribution is 6.31. The summed E-state index contributed by atoms with van der Waals surface area (Å²) in [5, 5.41) is 25.2. The zero-order valence-corrected chi connectivity index (χ0v) is 19.7. The SMILES string of the molecule is CC(C)(C)c1cc2c(cc1Cl)C=C(C(=O)OCO/N=[N+](\[O-])N1CCC[C@H]1C(=O)O)[C@@H](C(F)(F)F)O2. The number of carbonyl (C=O) groups excluding carboxylic acids is 1. The normalized spacial score (nSPS) is 20.6. The Hall–Kier alpha value is -3.22. The Morgan fingerprint density at radius 2 is 2.03 bits per heavy atom. The molecule has 1 aromatic rings. The third-order valence-corrected chi connectivity index (χ3v) is 5.69. The third kappa shape index (κ3) is 5.89. The van der Waals surface area contributed by atoms with Crippen LogP contribution < -0.4 is 4.74 Å². The third-order valence-electron chi connectivity index (χ3n) is 5.38. The smallest absolute Gasteiger partial charge is 0.430 e. The molecule has 2 atom stereocenters. The molecule has 192 valence electrons. The van der Waals surface area contributed by atoms with Gasteiger partial charge >= 0.3 is 18.1 Å². The molecule has 1 saturated heterocycles. The lowest BCUT2D eigenvalue weighted by Gasteiger charge is -2.30. The van der Waals surface area contributed by atoms with E-state index in [1.165, 1.54) is 12.1 Å². The van der Waals surface area contributed by atoms with Crippen molar-refractivity contribution < 1.29 is 47.1 Å². The fourth-order valence-corrected chi connectivity index (χ4v) is 4.15. The van der Waals surface area contributed by atoms with Gasteiger partial charge < -0.3 is 24.6 Å². The van der Waals surface area contributed by atoms with E-state index < -0.39 is 48.0 Å². The molecule has 0 spiro atoms. The van der Waals surface area contributed by atoms with Gasteiger partial charge in [-0.25, -0.2) is 9.59 Å². The molecular formula is C21H23ClF3N3O7. The Balaban J connectivity index is 1.75. The van der Waals surface area contributed by atoms with Crippen LogP contribution in [0.25, 0.3) is 6.08 Å². The highest BCUT2D eigenvalue weighted by Gasteiger charge is 2.49. The fourth-order valence-electron chi connectivity index (χ4n) is 3.69. The van der Waals surface area contributed by atoms with Gasteiger partial charge in [0.1, 0.15) is 5.75 Å².